The molecule has 9 heteroatoms. The molecule has 0 spiro atoms. The predicted molar refractivity (Wildman–Crippen MR) is 159 cm³/mol. The molecular formula is C32H42N4O5. The van der Waals surface area contributed by atoms with Gasteiger partial charge in [-0.05, 0) is 41.9 Å². The number of nitrogens with one attached hydrogen (secondary N) is 2. The van der Waals surface area contributed by atoms with Crippen molar-refractivity contribution in [1.29, 1.82) is 0 Å². The van der Waals surface area contributed by atoms with Crippen molar-refractivity contribution in [3.63, 3.8) is 0 Å². The molecule has 220 valence electrons. The van der Waals surface area contributed by atoms with Gasteiger partial charge in [-0.2, -0.15) is 0 Å². The van der Waals surface area contributed by atoms with Crippen molar-refractivity contribution >= 4 is 12.0 Å². The Labute approximate surface area is 242 Å². The number of hydrogen-bond acceptors (Lipinski definition) is 7. The van der Waals surface area contributed by atoms with Gasteiger partial charge in [-0.25, -0.2) is 9.78 Å². The molecule has 0 saturated carbocycles. The molecule has 0 aliphatic rings. The molecule has 2 amide bonds. The van der Waals surface area contributed by atoms with Gasteiger partial charge in [0.25, 0.3) is 0 Å². The minimum atomic E-state index is -0.884. The van der Waals surface area contributed by atoms with Crippen LogP contribution in [0.1, 0.15) is 38.3 Å². The van der Waals surface area contributed by atoms with Gasteiger partial charge in [0.15, 0.2) is 0 Å². The summed E-state index contributed by atoms with van der Waals surface area (Å²) in [4.78, 5) is 29.8. The van der Waals surface area contributed by atoms with E-state index in [0.29, 0.717) is 18.7 Å². The number of carbonyl (C=O) groups is 2. The van der Waals surface area contributed by atoms with E-state index in [1.807, 2.05) is 87.5 Å². The van der Waals surface area contributed by atoms with E-state index in [0.717, 1.165) is 22.4 Å². The normalized spacial score (nSPS) is 14.3. The van der Waals surface area contributed by atoms with Crippen LogP contribution in [0.3, 0.4) is 0 Å². The molecular weight excluding hydrogens is 520 g/mol. The van der Waals surface area contributed by atoms with Crippen LogP contribution in [-0.4, -0.2) is 60.5 Å². The van der Waals surface area contributed by atoms with E-state index < -0.39 is 35.7 Å². The lowest BCUT2D eigenvalue weighted by atomic mass is 9.85. The maximum absolute atomic E-state index is 13.4. The molecule has 1 aromatic heterocycles. The molecule has 0 saturated heterocycles. The minimum absolute atomic E-state index is 0.239. The van der Waals surface area contributed by atoms with Crippen molar-refractivity contribution in [3.8, 4) is 17.1 Å². The number of carbonyl (C=O) groups excluding carboxylic acids is 2. The number of pyridine rings is 1. The van der Waals surface area contributed by atoms with E-state index >= 15 is 0 Å². The lowest BCUT2D eigenvalue weighted by molar-refractivity contribution is -0.126. The zero-order valence-corrected chi connectivity index (χ0v) is 24.5. The molecule has 3 rings (SSSR count). The average molecular weight is 563 g/mol. The number of nitrogens with two attached hydrogens (primary N) is 1. The second-order valence-corrected chi connectivity index (χ2v) is 11.3. The van der Waals surface area contributed by atoms with E-state index in [2.05, 4.69) is 15.6 Å². The maximum Gasteiger partial charge on any atom is 0.407 e. The first kappa shape index (κ1) is 31.6. The smallest absolute Gasteiger partial charge is 0.407 e. The predicted octanol–water partition coefficient (Wildman–Crippen LogP) is 3.88. The van der Waals surface area contributed by atoms with Gasteiger partial charge < -0.3 is 30.9 Å². The van der Waals surface area contributed by atoms with Crippen LogP contribution in [0.2, 0.25) is 0 Å². The zero-order chi connectivity index (χ0) is 30.0. The Balaban J connectivity index is 1.70. The molecule has 0 bridgehead atoms. The summed E-state index contributed by atoms with van der Waals surface area (Å²) in [5.74, 6) is 0.190. The lowest BCUT2D eigenvalue weighted by Crippen LogP contribution is -2.56. The molecule has 41 heavy (non-hydrogen) atoms. The first-order valence-electron chi connectivity index (χ1n) is 13.7. The molecule has 0 aliphatic carbocycles. The third-order valence-corrected chi connectivity index (χ3v) is 6.92. The van der Waals surface area contributed by atoms with Gasteiger partial charge in [-0.3, -0.25) is 4.79 Å². The fourth-order valence-corrected chi connectivity index (χ4v) is 4.60. The molecule has 0 unspecified atom stereocenters. The lowest BCUT2D eigenvalue weighted by Gasteiger charge is -2.32. The highest BCUT2D eigenvalue weighted by molar-refractivity contribution is 5.86. The van der Waals surface area contributed by atoms with Crippen LogP contribution < -0.4 is 21.1 Å². The van der Waals surface area contributed by atoms with Gasteiger partial charge in [-0.15, -0.1) is 0 Å². The number of aliphatic hydroxyl groups excluding tert-OH is 1. The summed E-state index contributed by atoms with van der Waals surface area (Å²) in [6, 6.07) is 21.4. The van der Waals surface area contributed by atoms with Crippen LogP contribution in [0.4, 0.5) is 4.79 Å². The van der Waals surface area contributed by atoms with Gasteiger partial charge in [0, 0.05) is 23.7 Å². The van der Waals surface area contributed by atoms with Gasteiger partial charge in [-0.1, -0.05) is 81.4 Å². The average Bonchev–Trinajstić information content (AvgIpc) is 2.95. The quantitative estimate of drug-likeness (QED) is 0.263. The van der Waals surface area contributed by atoms with E-state index in [9.17, 15) is 14.7 Å². The number of alkyl carbamates (subject to hydrolysis) is 1. The summed E-state index contributed by atoms with van der Waals surface area (Å²) in [5.41, 5.74) is 9.61. The number of hydrogen-bond donors (Lipinski definition) is 4. The van der Waals surface area contributed by atoms with Crippen LogP contribution in [0.5, 0.6) is 5.88 Å². The second kappa shape index (κ2) is 14.6. The number of ether oxygens (including phenoxy) is 2. The Morgan fingerprint density at radius 3 is 2.17 bits per heavy atom. The number of benzene rings is 2. The molecule has 0 aliphatic heterocycles. The summed E-state index contributed by atoms with van der Waals surface area (Å²) in [6.07, 6.45) is -0.385. The Bertz CT molecular complexity index is 1260. The summed E-state index contributed by atoms with van der Waals surface area (Å²) in [6.45, 7) is 5.58. The van der Waals surface area contributed by atoms with Crippen LogP contribution in [0, 0.1) is 5.41 Å². The highest BCUT2D eigenvalue weighted by Gasteiger charge is 2.34. The fourth-order valence-electron chi connectivity index (χ4n) is 4.60. The number of aliphatic hydroxyl groups is 1. The fraction of sp³-hybridized carbons (Fsp3) is 0.406. The zero-order valence-electron chi connectivity index (χ0n) is 24.5. The molecule has 2 aromatic carbocycles. The van der Waals surface area contributed by atoms with Crippen LogP contribution >= 0.6 is 0 Å². The molecule has 5 N–H and O–H groups in total. The van der Waals surface area contributed by atoms with Crippen molar-refractivity contribution in [2.24, 2.45) is 11.1 Å². The molecule has 1 heterocycles. The highest BCUT2D eigenvalue weighted by atomic mass is 16.5. The molecule has 4 atom stereocenters. The standard InChI is InChI=1S/C32H42N4O5/c1-32(2,3)29(36-31(39)41-5)30(38)34-24(18-21-10-7-6-8-11-21)20-27(37)25(33)19-22-14-16-23(17-15-22)26-12-9-13-28(35-26)40-4/h6-17,24-25,27,29,37H,18-20,33H2,1-5H3,(H,34,38)(H,36,39)/t24-,25-,27-,29+/m0/s1. The number of aromatic nitrogens is 1. The van der Waals surface area contributed by atoms with Crippen molar-refractivity contribution in [2.45, 2.75) is 64.3 Å². The SMILES string of the molecule is COC(=O)N[C@H](C(=O)N[C@@H](Cc1ccccc1)C[C@H](O)[C@@H](N)Cc1ccc(-c2cccc(OC)n2)cc1)C(C)(C)C. The minimum Gasteiger partial charge on any atom is -0.481 e. The number of rotatable bonds is 12. The summed E-state index contributed by atoms with van der Waals surface area (Å²) < 4.78 is 9.94. The van der Waals surface area contributed by atoms with E-state index in [1.165, 1.54) is 7.11 Å². The van der Waals surface area contributed by atoms with Gasteiger partial charge in [0.1, 0.15) is 6.04 Å². The van der Waals surface area contributed by atoms with Gasteiger partial charge >= 0.3 is 6.09 Å². The van der Waals surface area contributed by atoms with Crippen molar-refractivity contribution in [1.82, 2.24) is 15.6 Å². The number of methoxy groups -OCH3 is 2. The van der Waals surface area contributed by atoms with Crippen LogP contribution in [-0.2, 0) is 22.4 Å². The Kier molecular flexibility index (Phi) is 11.3. The maximum atomic E-state index is 13.4. The van der Waals surface area contributed by atoms with E-state index in [4.69, 9.17) is 15.2 Å². The summed E-state index contributed by atoms with van der Waals surface area (Å²) in [7, 11) is 2.84. The molecule has 0 fully saturated rings. The topological polar surface area (TPSA) is 136 Å². The third-order valence-electron chi connectivity index (χ3n) is 6.92. The van der Waals surface area contributed by atoms with Crippen molar-refractivity contribution in [2.75, 3.05) is 14.2 Å². The van der Waals surface area contributed by atoms with Gasteiger partial charge in [0.2, 0.25) is 11.8 Å². The number of nitrogens with zero attached hydrogens (tertiary/aromatic N) is 1. The van der Waals surface area contributed by atoms with Gasteiger partial charge in [0.05, 0.1) is 26.0 Å². The second-order valence-electron chi connectivity index (χ2n) is 11.3. The van der Waals surface area contributed by atoms with Crippen molar-refractivity contribution < 1.29 is 24.2 Å². The summed E-state index contributed by atoms with van der Waals surface area (Å²) in [5, 5.41) is 16.8. The first-order valence-corrected chi connectivity index (χ1v) is 13.7. The Morgan fingerprint density at radius 2 is 1.56 bits per heavy atom. The van der Waals surface area contributed by atoms with E-state index in [1.54, 1.807) is 13.2 Å². The molecule has 9 nitrogen and oxygen atoms in total. The van der Waals surface area contributed by atoms with Crippen molar-refractivity contribution in [3.05, 3.63) is 83.9 Å². The third kappa shape index (κ3) is 9.58. The highest BCUT2D eigenvalue weighted by Crippen LogP contribution is 2.22. The van der Waals surface area contributed by atoms with Crippen LogP contribution in [0.25, 0.3) is 11.3 Å². The molecule has 0 radical (unpaired) electrons. The largest absolute Gasteiger partial charge is 0.481 e. The Morgan fingerprint density at radius 1 is 0.902 bits per heavy atom. The monoisotopic (exact) mass is 562 g/mol. The molecule has 3 aromatic rings. The first-order chi connectivity index (χ1) is 19.5. The number of amides is 2. The van der Waals surface area contributed by atoms with E-state index in [-0.39, 0.29) is 12.3 Å². The summed E-state index contributed by atoms with van der Waals surface area (Å²) >= 11 is 0. The Hall–Kier alpha value is -3.95. The van der Waals surface area contributed by atoms with Crippen LogP contribution in [0.15, 0.2) is 72.8 Å².